The molecular formula is C17H17BrN2O. The second kappa shape index (κ2) is 5.53. The number of halogens is 1. The van der Waals surface area contributed by atoms with Gasteiger partial charge < -0.3 is 9.73 Å². The van der Waals surface area contributed by atoms with Gasteiger partial charge in [-0.15, -0.1) is 0 Å². The van der Waals surface area contributed by atoms with Gasteiger partial charge in [0.1, 0.15) is 11.5 Å². The van der Waals surface area contributed by atoms with Gasteiger partial charge in [-0.25, -0.2) is 0 Å². The zero-order valence-electron chi connectivity index (χ0n) is 12.3. The summed E-state index contributed by atoms with van der Waals surface area (Å²) < 4.78 is 6.60. The van der Waals surface area contributed by atoms with E-state index in [1.807, 2.05) is 26.1 Å². The highest BCUT2D eigenvalue weighted by Crippen LogP contribution is 2.29. The normalized spacial score (nSPS) is 12.6. The summed E-state index contributed by atoms with van der Waals surface area (Å²) in [5.41, 5.74) is 3.19. The minimum atomic E-state index is 0.165. The molecule has 0 fully saturated rings. The van der Waals surface area contributed by atoms with Crippen molar-refractivity contribution in [1.29, 1.82) is 0 Å². The number of furan rings is 1. The molecule has 0 aliphatic rings. The van der Waals surface area contributed by atoms with Crippen molar-refractivity contribution in [1.82, 2.24) is 4.98 Å². The Morgan fingerprint density at radius 3 is 2.76 bits per heavy atom. The number of benzene rings is 1. The minimum absolute atomic E-state index is 0.165. The maximum Gasteiger partial charge on any atom is 0.106 e. The van der Waals surface area contributed by atoms with Crippen LogP contribution in [0.3, 0.4) is 0 Å². The van der Waals surface area contributed by atoms with E-state index in [9.17, 15) is 0 Å². The lowest BCUT2D eigenvalue weighted by Gasteiger charge is -2.16. The third kappa shape index (κ3) is 2.81. The van der Waals surface area contributed by atoms with Crippen molar-refractivity contribution >= 4 is 32.5 Å². The zero-order chi connectivity index (χ0) is 15.0. The summed E-state index contributed by atoms with van der Waals surface area (Å²) in [6, 6.07) is 10.5. The summed E-state index contributed by atoms with van der Waals surface area (Å²) in [5, 5.41) is 4.65. The van der Waals surface area contributed by atoms with Crippen LogP contribution in [0.25, 0.3) is 10.9 Å². The molecule has 108 valence electrons. The van der Waals surface area contributed by atoms with Crippen molar-refractivity contribution in [2.24, 2.45) is 0 Å². The van der Waals surface area contributed by atoms with Gasteiger partial charge in [0.15, 0.2) is 0 Å². The Labute approximate surface area is 132 Å². The van der Waals surface area contributed by atoms with Crippen LogP contribution in [-0.4, -0.2) is 4.98 Å². The first-order chi connectivity index (χ1) is 10.0. The van der Waals surface area contributed by atoms with Gasteiger partial charge >= 0.3 is 0 Å². The van der Waals surface area contributed by atoms with E-state index in [2.05, 4.69) is 57.4 Å². The van der Waals surface area contributed by atoms with Crippen molar-refractivity contribution in [3.05, 3.63) is 58.1 Å². The fourth-order valence-corrected chi connectivity index (χ4v) is 2.99. The molecule has 0 bridgehead atoms. The first-order valence-corrected chi connectivity index (χ1v) is 7.71. The molecule has 1 aromatic carbocycles. The van der Waals surface area contributed by atoms with E-state index in [4.69, 9.17) is 4.42 Å². The Kier molecular flexibility index (Phi) is 3.72. The van der Waals surface area contributed by atoms with Crippen LogP contribution in [-0.2, 0) is 0 Å². The summed E-state index contributed by atoms with van der Waals surface area (Å²) in [6.45, 7) is 6.11. The van der Waals surface area contributed by atoms with Gasteiger partial charge in [0.25, 0.3) is 0 Å². The van der Waals surface area contributed by atoms with Gasteiger partial charge in [0, 0.05) is 21.6 Å². The topological polar surface area (TPSA) is 38.1 Å². The van der Waals surface area contributed by atoms with Crippen LogP contribution in [0.4, 0.5) is 5.69 Å². The summed E-state index contributed by atoms with van der Waals surface area (Å²) >= 11 is 3.46. The van der Waals surface area contributed by atoms with Crippen LogP contribution in [0.2, 0.25) is 0 Å². The van der Waals surface area contributed by atoms with E-state index in [1.165, 1.54) is 5.56 Å². The molecule has 0 amide bonds. The summed E-state index contributed by atoms with van der Waals surface area (Å²) in [6.07, 6.45) is 1.82. The highest BCUT2D eigenvalue weighted by atomic mass is 79.9. The third-order valence-corrected chi connectivity index (χ3v) is 4.03. The number of aromatic nitrogens is 1. The highest BCUT2D eigenvalue weighted by molar-refractivity contribution is 9.10. The number of nitrogens with zero attached hydrogens (tertiary/aromatic N) is 1. The summed E-state index contributed by atoms with van der Waals surface area (Å²) in [4.78, 5) is 4.52. The molecule has 4 heteroatoms. The average molecular weight is 345 g/mol. The van der Waals surface area contributed by atoms with Crippen LogP contribution in [0.1, 0.15) is 30.0 Å². The lowest BCUT2D eigenvalue weighted by Crippen LogP contribution is -2.07. The SMILES string of the molecule is Cc1cc(C(C)Nc2cccc3cc(Br)cnc23)c(C)o1. The van der Waals surface area contributed by atoms with E-state index < -0.39 is 0 Å². The molecule has 2 heterocycles. The molecule has 2 aromatic heterocycles. The van der Waals surface area contributed by atoms with Crippen molar-refractivity contribution in [2.75, 3.05) is 5.32 Å². The van der Waals surface area contributed by atoms with Gasteiger partial charge in [-0.3, -0.25) is 4.98 Å². The number of fused-ring (bicyclic) bond motifs is 1. The highest BCUT2D eigenvalue weighted by Gasteiger charge is 2.14. The van der Waals surface area contributed by atoms with E-state index in [0.717, 1.165) is 32.6 Å². The Morgan fingerprint density at radius 2 is 2.05 bits per heavy atom. The molecule has 1 N–H and O–H groups in total. The Balaban J connectivity index is 1.96. The number of para-hydroxylation sites is 1. The lowest BCUT2D eigenvalue weighted by molar-refractivity contribution is 0.500. The largest absolute Gasteiger partial charge is 0.466 e. The average Bonchev–Trinajstić information content (AvgIpc) is 2.77. The molecule has 0 radical (unpaired) electrons. The monoisotopic (exact) mass is 344 g/mol. The summed E-state index contributed by atoms with van der Waals surface area (Å²) in [5.74, 6) is 1.90. The molecule has 3 nitrogen and oxygen atoms in total. The quantitative estimate of drug-likeness (QED) is 0.692. The van der Waals surface area contributed by atoms with Gasteiger partial charge in [-0.05, 0) is 54.9 Å². The van der Waals surface area contributed by atoms with E-state index in [-0.39, 0.29) is 6.04 Å². The third-order valence-electron chi connectivity index (χ3n) is 3.60. The van der Waals surface area contributed by atoms with Crippen molar-refractivity contribution in [2.45, 2.75) is 26.8 Å². The standard InChI is InChI=1S/C17H17BrN2O/c1-10-7-15(12(3)21-10)11(2)20-16-6-4-5-13-8-14(18)9-19-17(13)16/h4-9,11,20H,1-3H3. The van der Waals surface area contributed by atoms with Gasteiger partial charge in [0.05, 0.1) is 17.2 Å². The molecule has 21 heavy (non-hydrogen) atoms. The Hall–Kier alpha value is -1.81. The van der Waals surface area contributed by atoms with Crippen LogP contribution >= 0.6 is 15.9 Å². The fourth-order valence-electron chi connectivity index (χ4n) is 2.64. The first kappa shape index (κ1) is 14.1. The van der Waals surface area contributed by atoms with Crippen LogP contribution in [0, 0.1) is 13.8 Å². The Morgan fingerprint density at radius 1 is 1.24 bits per heavy atom. The lowest BCUT2D eigenvalue weighted by atomic mass is 10.1. The molecule has 0 aliphatic carbocycles. The first-order valence-electron chi connectivity index (χ1n) is 6.92. The van der Waals surface area contributed by atoms with Crippen LogP contribution in [0.15, 0.2) is 45.4 Å². The van der Waals surface area contributed by atoms with Gasteiger partial charge in [0.2, 0.25) is 0 Å². The second-order valence-electron chi connectivity index (χ2n) is 5.27. The maximum absolute atomic E-state index is 5.61. The number of aryl methyl sites for hydroxylation is 2. The predicted molar refractivity (Wildman–Crippen MR) is 89.7 cm³/mol. The predicted octanol–water partition coefficient (Wildman–Crippen LogP) is 5.38. The van der Waals surface area contributed by atoms with Crippen LogP contribution in [0.5, 0.6) is 0 Å². The molecule has 0 saturated carbocycles. The summed E-state index contributed by atoms with van der Waals surface area (Å²) in [7, 11) is 0. The molecule has 3 aromatic rings. The van der Waals surface area contributed by atoms with Crippen LogP contribution < -0.4 is 5.32 Å². The van der Waals surface area contributed by atoms with Crippen molar-refractivity contribution in [3.8, 4) is 0 Å². The smallest absolute Gasteiger partial charge is 0.106 e. The van der Waals surface area contributed by atoms with Gasteiger partial charge in [-0.1, -0.05) is 12.1 Å². The van der Waals surface area contributed by atoms with E-state index in [0.29, 0.717) is 0 Å². The van der Waals surface area contributed by atoms with Crippen molar-refractivity contribution in [3.63, 3.8) is 0 Å². The minimum Gasteiger partial charge on any atom is -0.466 e. The number of hydrogen-bond donors (Lipinski definition) is 1. The number of pyridine rings is 1. The number of rotatable bonds is 3. The molecule has 0 saturated heterocycles. The number of anilines is 1. The van der Waals surface area contributed by atoms with E-state index >= 15 is 0 Å². The maximum atomic E-state index is 5.61. The Bertz CT molecular complexity index is 795. The zero-order valence-corrected chi connectivity index (χ0v) is 13.9. The number of nitrogens with one attached hydrogen (secondary N) is 1. The van der Waals surface area contributed by atoms with Gasteiger partial charge in [-0.2, -0.15) is 0 Å². The second-order valence-corrected chi connectivity index (χ2v) is 6.18. The molecule has 0 aliphatic heterocycles. The van der Waals surface area contributed by atoms with Crippen molar-refractivity contribution < 1.29 is 4.42 Å². The molecule has 1 atom stereocenters. The molecular weight excluding hydrogens is 328 g/mol. The molecule has 0 spiro atoms. The molecule has 3 rings (SSSR count). The molecule has 1 unspecified atom stereocenters. The number of hydrogen-bond acceptors (Lipinski definition) is 3. The fraction of sp³-hybridized carbons (Fsp3) is 0.235. The van der Waals surface area contributed by atoms with E-state index in [1.54, 1.807) is 0 Å².